The van der Waals surface area contributed by atoms with Crippen molar-refractivity contribution in [3.63, 3.8) is 0 Å². The molecule has 0 spiro atoms. The predicted octanol–water partition coefficient (Wildman–Crippen LogP) is 2.36. The number of hydrogen-bond acceptors (Lipinski definition) is 4. The van der Waals surface area contributed by atoms with Gasteiger partial charge in [0.2, 0.25) is 0 Å². The lowest BCUT2D eigenvalue weighted by Gasteiger charge is -2.22. The Kier molecular flexibility index (Phi) is 5.10. The van der Waals surface area contributed by atoms with Gasteiger partial charge in [-0.15, -0.1) is 0 Å². The highest BCUT2D eigenvalue weighted by molar-refractivity contribution is 5.95. The largest absolute Gasteiger partial charge is 0.468 e. The molecule has 4 heteroatoms. The van der Waals surface area contributed by atoms with E-state index in [0.717, 1.165) is 5.56 Å². The second-order valence-corrected chi connectivity index (χ2v) is 5.30. The van der Waals surface area contributed by atoms with Crippen molar-refractivity contribution in [2.45, 2.75) is 32.8 Å². The molecule has 0 amide bonds. The van der Waals surface area contributed by atoms with Gasteiger partial charge >= 0.3 is 11.9 Å². The molecule has 0 heterocycles. The van der Waals surface area contributed by atoms with Gasteiger partial charge in [0.05, 0.1) is 7.11 Å². The highest BCUT2D eigenvalue weighted by atomic mass is 16.6. The SMILES string of the molecule is COC(=O)C(Cc1ccccc1)C(=O)OC(C)(C)C. The average molecular weight is 264 g/mol. The van der Waals surface area contributed by atoms with Crippen LogP contribution in [-0.2, 0) is 25.5 Å². The van der Waals surface area contributed by atoms with Gasteiger partial charge in [-0.3, -0.25) is 9.59 Å². The molecule has 0 saturated heterocycles. The van der Waals surface area contributed by atoms with Crippen molar-refractivity contribution < 1.29 is 19.1 Å². The summed E-state index contributed by atoms with van der Waals surface area (Å²) < 4.78 is 9.94. The minimum Gasteiger partial charge on any atom is -0.468 e. The molecule has 0 fully saturated rings. The zero-order chi connectivity index (χ0) is 14.5. The number of carbonyl (C=O) groups excluding carboxylic acids is 2. The van der Waals surface area contributed by atoms with Crippen LogP contribution in [0.3, 0.4) is 0 Å². The Morgan fingerprint density at radius 3 is 2.16 bits per heavy atom. The van der Waals surface area contributed by atoms with Crippen LogP contribution in [0.25, 0.3) is 0 Å². The zero-order valence-corrected chi connectivity index (χ0v) is 11.8. The Labute approximate surface area is 113 Å². The van der Waals surface area contributed by atoms with E-state index in [1.165, 1.54) is 7.11 Å². The van der Waals surface area contributed by atoms with E-state index in [9.17, 15) is 9.59 Å². The van der Waals surface area contributed by atoms with E-state index < -0.39 is 23.5 Å². The summed E-state index contributed by atoms with van der Waals surface area (Å²) in [5, 5.41) is 0. The van der Waals surface area contributed by atoms with Gasteiger partial charge in [-0.25, -0.2) is 0 Å². The summed E-state index contributed by atoms with van der Waals surface area (Å²) in [6.07, 6.45) is 0.280. The lowest BCUT2D eigenvalue weighted by Crippen LogP contribution is -2.34. The molecule has 104 valence electrons. The maximum atomic E-state index is 12.0. The number of carbonyl (C=O) groups is 2. The maximum absolute atomic E-state index is 12.0. The summed E-state index contributed by atoms with van der Waals surface area (Å²) in [5.74, 6) is -2.05. The van der Waals surface area contributed by atoms with E-state index in [4.69, 9.17) is 4.74 Å². The number of rotatable bonds is 4. The van der Waals surface area contributed by atoms with Crippen LogP contribution in [0.4, 0.5) is 0 Å². The molecule has 0 aromatic heterocycles. The van der Waals surface area contributed by atoms with Crippen LogP contribution in [0, 0.1) is 5.92 Å². The normalized spacial score (nSPS) is 12.6. The molecule has 1 aromatic carbocycles. The van der Waals surface area contributed by atoms with E-state index in [1.54, 1.807) is 20.8 Å². The lowest BCUT2D eigenvalue weighted by molar-refractivity contribution is -0.168. The van der Waals surface area contributed by atoms with Crippen molar-refractivity contribution >= 4 is 11.9 Å². The molecular weight excluding hydrogens is 244 g/mol. The van der Waals surface area contributed by atoms with E-state index >= 15 is 0 Å². The zero-order valence-electron chi connectivity index (χ0n) is 11.8. The molecule has 19 heavy (non-hydrogen) atoms. The molecule has 1 atom stereocenters. The van der Waals surface area contributed by atoms with Crippen LogP contribution < -0.4 is 0 Å². The molecule has 0 aliphatic carbocycles. The molecular formula is C15H20O4. The molecule has 0 N–H and O–H groups in total. The van der Waals surface area contributed by atoms with Gasteiger partial charge in [-0.05, 0) is 32.8 Å². The Morgan fingerprint density at radius 2 is 1.68 bits per heavy atom. The summed E-state index contributed by atoms with van der Waals surface area (Å²) >= 11 is 0. The van der Waals surface area contributed by atoms with Crippen molar-refractivity contribution in [1.82, 2.24) is 0 Å². The van der Waals surface area contributed by atoms with E-state index in [2.05, 4.69) is 4.74 Å². The summed E-state index contributed by atoms with van der Waals surface area (Å²) in [7, 11) is 1.27. The van der Waals surface area contributed by atoms with Gasteiger partial charge in [0.15, 0.2) is 5.92 Å². The van der Waals surface area contributed by atoms with Crippen molar-refractivity contribution in [1.29, 1.82) is 0 Å². The fourth-order valence-electron chi connectivity index (χ4n) is 1.63. The Hall–Kier alpha value is -1.84. The van der Waals surface area contributed by atoms with Gasteiger partial charge in [-0.2, -0.15) is 0 Å². The third-order valence-corrected chi connectivity index (χ3v) is 2.46. The predicted molar refractivity (Wildman–Crippen MR) is 71.5 cm³/mol. The average Bonchev–Trinajstić information content (AvgIpc) is 2.34. The molecule has 1 aromatic rings. The van der Waals surface area contributed by atoms with Crippen LogP contribution in [0.1, 0.15) is 26.3 Å². The van der Waals surface area contributed by atoms with Crippen LogP contribution >= 0.6 is 0 Å². The standard InChI is InChI=1S/C15H20O4/c1-15(2,3)19-14(17)12(13(16)18-4)10-11-8-6-5-7-9-11/h5-9,12H,10H2,1-4H3. The first-order valence-electron chi connectivity index (χ1n) is 6.18. The second-order valence-electron chi connectivity index (χ2n) is 5.30. The minimum atomic E-state index is -0.924. The molecule has 0 aliphatic rings. The van der Waals surface area contributed by atoms with Crippen LogP contribution in [0.15, 0.2) is 30.3 Å². The van der Waals surface area contributed by atoms with Gasteiger partial charge in [0.1, 0.15) is 5.60 Å². The van der Waals surface area contributed by atoms with Crippen molar-refractivity contribution in [3.05, 3.63) is 35.9 Å². The second kappa shape index (κ2) is 6.36. The van der Waals surface area contributed by atoms with Crippen LogP contribution in [0.2, 0.25) is 0 Å². The van der Waals surface area contributed by atoms with E-state index in [-0.39, 0.29) is 6.42 Å². The van der Waals surface area contributed by atoms with E-state index in [1.807, 2.05) is 30.3 Å². The third kappa shape index (κ3) is 5.12. The van der Waals surface area contributed by atoms with Gasteiger partial charge < -0.3 is 9.47 Å². The topological polar surface area (TPSA) is 52.6 Å². The molecule has 0 radical (unpaired) electrons. The number of hydrogen-bond donors (Lipinski definition) is 0. The van der Waals surface area contributed by atoms with Gasteiger partial charge in [0.25, 0.3) is 0 Å². The minimum absolute atomic E-state index is 0.280. The quantitative estimate of drug-likeness (QED) is 0.619. The summed E-state index contributed by atoms with van der Waals surface area (Å²) in [5.41, 5.74) is 0.267. The summed E-state index contributed by atoms with van der Waals surface area (Å²) in [4.78, 5) is 23.8. The monoisotopic (exact) mass is 264 g/mol. The molecule has 4 nitrogen and oxygen atoms in total. The molecule has 1 rings (SSSR count). The highest BCUT2D eigenvalue weighted by Crippen LogP contribution is 2.16. The van der Waals surface area contributed by atoms with Crippen LogP contribution in [0.5, 0.6) is 0 Å². The van der Waals surface area contributed by atoms with Crippen molar-refractivity contribution in [3.8, 4) is 0 Å². The fraction of sp³-hybridized carbons (Fsp3) is 0.467. The Bertz CT molecular complexity index is 431. The first kappa shape index (κ1) is 15.2. The van der Waals surface area contributed by atoms with Crippen LogP contribution in [-0.4, -0.2) is 24.6 Å². The molecule has 0 saturated carbocycles. The first-order valence-corrected chi connectivity index (χ1v) is 6.18. The number of ether oxygens (including phenoxy) is 2. The summed E-state index contributed by atoms with van der Waals surface area (Å²) in [6.45, 7) is 5.30. The Morgan fingerprint density at radius 1 is 1.11 bits per heavy atom. The maximum Gasteiger partial charge on any atom is 0.321 e. The van der Waals surface area contributed by atoms with Gasteiger partial charge in [0, 0.05) is 0 Å². The third-order valence-electron chi connectivity index (χ3n) is 2.46. The molecule has 0 bridgehead atoms. The highest BCUT2D eigenvalue weighted by Gasteiger charge is 2.32. The van der Waals surface area contributed by atoms with Gasteiger partial charge in [-0.1, -0.05) is 30.3 Å². The first-order chi connectivity index (χ1) is 8.83. The molecule has 0 aliphatic heterocycles. The Balaban J connectivity index is 2.84. The number of esters is 2. The van der Waals surface area contributed by atoms with Crippen molar-refractivity contribution in [2.75, 3.05) is 7.11 Å². The smallest absolute Gasteiger partial charge is 0.321 e. The fourth-order valence-corrected chi connectivity index (χ4v) is 1.63. The van der Waals surface area contributed by atoms with Crippen molar-refractivity contribution in [2.24, 2.45) is 5.92 Å². The lowest BCUT2D eigenvalue weighted by atomic mass is 9.99. The molecule has 1 unspecified atom stereocenters. The van der Waals surface area contributed by atoms with E-state index in [0.29, 0.717) is 0 Å². The number of benzene rings is 1. The summed E-state index contributed by atoms with van der Waals surface area (Å²) in [6, 6.07) is 9.32. The number of methoxy groups -OCH3 is 1.